The van der Waals surface area contributed by atoms with Crippen LogP contribution in [0.2, 0.25) is 0 Å². The maximum Gasteiger partial charge on any atom is 0.240 e. The van der Waals surface area contributed by atoms with Crippen LogP contribution in [0, 0.1) is 24.2 Å². The molecule has 0 unspecified atom stereocenters. The standard InChI is InChI=1S/C39H45N3O6S/c1-26-14-17-32-33(20-26)40-19-18-36(32)48-30-22-34-35(43)24-39(38(45)41-49(46,47)31-15-16-31)23-29(39)13-9-4-2-3-8-12-28(37(44)42(34)25-30)21-27-10-6-5-7-11-27/h5-7,9-11,13-14,17-20,28-31,34H,2-4,8,12,15-16,21-25H2,1H3,(H,41,45)/b13-9-/t28-,29+,30-,34+,39-/m1/s1. The molecule has 5 atom stereocenters. The third-order valence-corrected chi connectivity index (χ3v) is 12.6. The van der Waals surface area contributed by atoms with Crippen molar-refractivity contribution in [2.75, 3.05) is 6.54 Å². The Kier molecular flexibility index (Phi) is 9.35. The van der Waals surface area contributed by atoms with Crippen molar-refractivity contribution in [3.8, 4) is 5.75 Å². The number of rotatable bonds is 7. The van der Waals surface area contributed by atoms with Gasteiger partial charge in [-0.3, -0.25) is 24.1 Å². The highest BCUT2D eigenvalue weighted by Gasteiger charge is 2.61. The average molecular weight is 684 g/mol. The predicted molar refractivity (Wildman–Crippen MR) is 187 cm³/mol. The topological polar surface area (TPSA) is 123 Å². The molecule has 1 aromatic heterocycles. The summed E-state index contributed by atoms with van der Waals surface area (Å²) < 4.78 is 34.5. The molecule has 2 aliphatic heterocycles. The molecule has 2 saturated carbocycles. The van der Waals surface area contributed by atoms with E-state index in [0.717, 1.165) is 47.7 Å². The van der Waals surface area contributed by atoms with Gasteiger partial charge in [0.15, 0.2) is 5.78 Å². The number of nitrogens with one attached hydrogen (secondary N) is 1. The van der Waals surface area contributed by atoms with Crippen molar-refractivity contribution in [3.05, 3.63) is 84.1 Å². The van der Waals surface area contributed by atoms with E-state index in [1.54, 1.807) is 11.1 Å². The molecule has 3 heterocycles. The molecule has 0 spiro atoms. The van der Waals surface area contributed by atoms with Crippen LogP contribution in [-0.4, -0.2) is 59.8 Å². The minimum Gasteiger partial charge on any atom is -0.488 e. The second-order valence-corrected chi connectivity index (χ2v) is 16.5. The Hall–Kier alpha value is -4.05. The molecule has 4 aliphatic rings. The Morgan fingerprint density at radius 2 is 1.86 bits per heavy atom. The monoisotopic (exact) mass is 683 g/mol. The van der Waals surface area contributed by atoms with Crippen LogP contribution in [0.5, 0.6) is 5.75 Å². The van der Waals surface area contributed by atoms with Crippen molar-refractivity contribution in [2.24, 2.45) is 17.3 Å². The lowest BCUT2D eigenvalue weighted by Crippen LogP contribution is -2.46. The fourth-order valence-corrected chi connectivity index (χ4v) is 9.12. The summed E-state index contributed by atoms with van der Waals surface area (Å²) >= 11 is 0. The minimum atomic E-state index is -3.78. The van der Waals surface area contributed by atoms with Crippen molar-refractivity contribution in [1.82, 2.24) is 14.6 Å². The predicted octanol–water partition coefficient (Wildman–Crippen LogP) is 5.84. The Bertz CT molecular complexity index is 1870. The Labute approximate surface area is 288 Å². The number of benzene rings is 2. The number of hydrogen-bond acceptors (Lipinski definition) is 7. The number of allylic oxidation sites excluding steroid dienone is 2. The summed E-state index contributed by atoms with van der Waals surface area (Å²) in [5, 5.41) is 0.311. The number of hydrogen-bond donors (Lipinski definition) is 1. The third kappa shape index (κ3) is 7.30. The van der Waals surface area contributed by atoms with Gasteiger partial charge in [0, 0.05) is 30.3 Å². The van der Waals surface area contributed by atoms with Gasteiger partial charge in [-0.05, 0) is 87.1 Å². The number of aryl methyl sites for hydroxylation is 1. The maximum atomic E-state index is 14.6. The molecule has 49 heavy (non-hydrogen) atoms. The van der Waals surface area contributed by atoms with Gasteiger partial charge in [-0.1, -0.05) is 61.4 Å². The van der Waals surface area contributed by atoms with E-state index in [1.165, 1.54) is 0 Å². The largest absolute Gasteiger partial charge is 0.488 e. The van der Waals surface area contributed by atoms with Gasteiger partial charge in [-0.2, -0.15) is 0 Å². The number of pyridine rings is 1. The molecule has 3 aromatic rings. The second-order valence-electron chi connectivity index (χ2n) is 14.5. The van der Waals surface area contributed by atoms with E-state index in [2.05, 4.69) is 15.8 Å². The van der Waals surface area contributed by atoms with Gasteiger partial charge in [0.1, 0.15) is 11.9 Å². The van der Waals surface area contributed by atoms with E-state index in [-0.39, 0.29) is 42.9 Å². The molecule has 2 aromatic carbocycles. The van der Waals surface area contributed by atoms with Crippen LogP contribution >= 0.6 is 0 Å². The van der Waals surface area contributed by atoms with Crippen molar-refractivity contribution in [2.45, 2.75) is 94.9 Å². The first-order valence-electron chi connectivity index (χ1n) is 17.7. The number of amides is 2. The summed E-state index contributed by atoms with van der Waals surface area (Å²) in [7, 11) is -3.78. The Balaban J connectivity index is 1.20. The molecular formula is C39H45N3O6S. The van der Waals surface area contributed by atoms with Crippen molar-refractivity contribution in [1.29, 1.82) is 0 Å². The number of carbonyl (C=O) groups is 3. The molecule has 10 heteroatoms. The molecule has 0 radical (unpaired) electrons. The van der Waals surface area contributed by atoms with Crippen LogP contribution in [0.15, 0.2) is 72.9 Å². The zero-order valence-electron chi connectivity index (χ0n) is 28.1. The maximum absolute atomic E-state index is 14.6. The summed E-state index contributed by atoms with van der Waals surface area (Å²) in [6.45, 7) is 2.25. The smallest absolute Gasteiger partial charge is 0.240 e. The summed E-state index contributed by atoms with van der Waals surface area (Å²) in [5.74, 6) is -0.790. The van der Waals surface area contributed by atoms with Crippen LogP contribution in [0.1, 0.15) is 75.3 Å². The lowest BCUT2D eigenvalue weighted by molar-refractivity contribution is -0.142. The van der Waals surface area contributed by atoms with E-state index in [1.807, 2.05) is 67.6 Å². The zero-order chi connectivity index (χ0) is 34.2. The van der Waals surface area contributed by atoms with Crippen molar-refractivity contribution in [3.63, 3.8) is 0 Å². The van der Waals surface area contributed by atoms with Gasteiger partial charge in [-0.25, -0.2) is 8.42 Å². The number of nitrogens with zero attached hydrogens (tertiary/aromatic N) is 2. The van der Waals surface area contributed by atoms with Gasteiger partial charge in [-0.15, -0.1) is 0 Å². The SMILES string of the molecule is Cc1ccc2c(O[C@@H]3C[C@H]4C(=O)C[C@]5(C(=O)NS(=O)(=O)C6CC6)C[C@@H]5/C=C\CCCCC[C@H](Cc5ccccc5)C(=O)N4C3)ccnc2c1. The molecule has 7 rings (SSSR count). The van der Waals surface area contributed by atoms with Gasteiger partial charge >= 0.3 is 0 Å². The van der Waals surface area contributed by atoms with Gasteiger partial charge in [0.2, 0.25) is 21.8 Å². The lowest BCUT2D eigenvalue weighted by atomic mass is 9.90. The third-order valence-electron chi connectivity index (χ3n) is 10.8. The summed E-state index contributed by atoms with van der Waals surface area (Å²) in [6.07, 6.45) is 11.9. The summed E-state index contributed by atoms with van der Waals surface area (Å²) in [6, 6.07) is 17.0. The van der Waals surface area contributed by atoms with Gasteiger partial charge in [0.05, 0.1) is 28.8 Å². The molecule has 2 aliphatic carbocycles. The van der Waals surface area contributed by atoms with E-state index in [9.17, 15) is 22.8 Å². The second kappa shape index (κ2) is 13.7. The number of Topliss-reactive ketones (excluding diaryl/α,β-unsaturated/α-hetero) is 1. The number of fused-ring (bicyclic) bond motifs is 3. The first kappa shape index (κ1) is 33.4. The molecular weight excluding hydrogens is 639 g/mol. The average Bonchev–Trinajstić information content (AvgIpc) is 4.01. The fourth-order valence-electron chi connectivity index (χ4n) is 7.73. The van der Waals surface area contributed by atoms with E-state index in [0.29, 0.717) is 37.9 Å². The first-order chi connectivity index (χ1) is 23.6. The molecule has 2 amide bonds. The van der Waals surface area contributed by atoms with Crippen molar-refractivity contribution < 1.29 is 27.5 Å². The number of ketones is 1. The fraction of sp³-hybridized carbons (Fsp3) is 0.487. The number of aromatic nitrogens is 1. The van der Waals surface area contributed by atoms with Crippen LogP contribution < -0.4 is 9.46 Å². The highest BCUT2D eigenvalue weighted by Crippen LogP contribution is 2.57. The highest BCUT2D eigenvalue weighted by molar-refractivity contribution is 7.90. The number of carbonyl (C=O) groups excluding carboxylic acids is 3. The molecule has 258 valence electrons. The molecule has 1 saturated heterocycles. The van der Waals surface area contributed by atoms with E-state index < -0.39 is 38.7 Å². The number of sulfonamides is 1. The van der Waals surface area contributed by atoms with Gasteiger partial charge in [0.25, 0.3) is 0 Å². The zero-order valence-corrected chi connectivity index (χ0v) is 28.9. The summed E-state index contributed by atoms with van der Waals surface area (Å²) in [4.78, 5) is 48.9. The summed E-state index contributed by atoms with van der Waals surface area (Å²) in [5.41, 5.74) is 1.82. The normalized spacial score (nSPS) is 28.6. The van der Waals surface area contributed by atoms with Crippen LogP contribution in [0.3, 0.4) is 0 Å². The molecule has 3 fully saturated rings. The van der Waals surface area contributed by atoms with Crippen LogP contribution in [0.4, 0.5) is 0 Å². The number of ether oxygens (including phenoxy) is 1. The quantitative estimate of drug-likeness (QED) is 0.310. The molecule has 9 nitrogen and oxygen atoms in total. The van der Waals surface area contributed by atoms with E-state index >= 15 is 0 Å². The highest BCUT2D eigenvalue weighted by atomic mass is 32.2. The lowest BCUT2D eigenvalue weighted by Gasteiger charge is -2.29. The Morgan fingerprint density at radius 3 is 2.65 bits per heavy atom. The first-order valence-corrected chi connectivity index (χ1v) is 19.3. The molecule has 1 N–H and O–H groups in total. The van der Waals surface area contributed by atoms with Crippen molar-refractivity contribution >= 4 is 38.5 Å². The molecule has 0 bridgehead atoms. The van der Waals surface area contributed by atoms with Crippen LogP contribution in [-0.2, 0) is 30.8 Å². The van der Waals surface area contributed by atoms with E-state index in [4.69, 9.17) is 4.74 Å². The Morgan fingerprint density at radius 1 is 1.04 bits per heavy atom. The van der Waals surface area contributed by atoms with Crippen LogP contribution in [0.25, 0.3) is 10.9 Å². The van der Waals surface area contributed by atoms with Gasteiger partial charge < -0.3 is 9.64 Å². The minimum absolute atomic E-state index is 0.0707.